The van der Waals surface area contributed by atoms with Crippen molar-refractivity contribution in [1.29, 1.82) is 0 Å². The second-order valence-electron chi connectivity index (χ2n) is 3.98. The molecule has 2 rings (SSSR count). The van der Waals surface area contributed by atoms with Crippen molar-refractivity contribution in [2.45, 2.75) is 23.9 Å². The molecular formula is C11H14N4O4S. The molecule has 0 aromatic carbocycles. The Bertz CT molecular complexity index is 681. The van der Waals surface area contributed by atoms with Gasteiger partial charge in [-0.3, -0.25) is 9.59 Å². The van der Waals surface area contributed by atoms with E-state index in [9.17, 15) is 9.59 Å². The molecule has 0 fully saturated rings. The molecule has 0 aliphatic carbocycles. The van der Waals surface area contributed by atoms with Gasteiger partial charge in [0.15, 0.2) is 10.8 Å². The minimum Gasteiger partial charge on any atom is -0.468 e. The number of methoxy groups -OCH3 is 1. The lowest BCUT2D eigenvalue weighted by Crippen LogP contribution is -2.17. The van der Waals surface area contributed by atoms with Crippen molar-refractivity contribution >= 4 is 28.8 Å². The van der Waals surface area contributed by atoms with Crippen molar-refractivity contribution in [2.75, 3.05) is 13.7 Å². The van der Waals surface area contributed by atoms with Crippen molar-refractivity contribution in [3.05, 3.63) is 16.6 Å². The number of hydrogen-bond acceptors (Lipinski definition) is 7. The van der Waals surface area contributed by atoms with Gasteiger partial charge in [-0.15, -0.1) is 0 Å². The van der Waals surface area contributed by atoms with Crippen LogP contribution in [0.5, 0.6) is 0 Å². The highest BCUT2D eigenvalue weighted by atomic mass is 32.2. The van der Waals surface area contributed by atoms with E-state index in [1.54, 1.807) is 6.92 Å². The van der Waals surface area contributed by atoms with Gasteiger partial charge in [-0.05, 0) is 6.92 Å². The van der Waals surface area contributed by atoms with Gasteiger partial charge in [0.05, 0.1) is 26.5 Å². The summed E-state index contributed by atoms with van der Waals surface area (Å²) in [6.45, 7) is 1.80. The molecule has 2 heterocycles. The van der Waals surface area contributed by atoms with Gasteiger partial charge < -0.3 is 14.8 Å². The van der Waals surface area contributed by atoms with Gasteiger partial charge >= 0.3 is 5.97 Å². The Morgan fingerprint density at radius 1 is 1.65 bits per heavy atom. The lowest BCUT2D eigenvalue weighted by atomic mass is 10.4. The summed E-state index contributed by atoms with van der Waals surface area (Å²) in [6, 6.07) is 0. The molecule has 1 atom stereocenters. The number of fused-ring (bicyclic) bond motifs is 1. The zero-order valence-electron chi connectivity index (χ0n) is 11.0. The van der Waals surface area contributed by atoms with E-state index in [-0.39, 0.29) is 18.7 Å². The minimum absolute atomic E-state index is 0.105. The topological polar surface area (TPSA) is 110 Å². The molecule has 2 N–H and O–H groups in total. The van der Waals surface area contributed by atoms with Crippen LogP contribution in [0.15, 0.2) is 16.1 Å². The number of rotatable bonds is 5. The zero-order chi connectivity index (χ0) is 14.7. The largest absolute Gasteiger partial charge is 0.468 e. The highest BCUT2D eigenvalue weighted by Crippen LogP contribution is 2.20. The van der Waals surface area contributed by atoms with E-state index in [1.807, 2.05) is 0 Å². The number of esters is 1. The molecule has 0 saturated heterocycles. The first kappa shape index (κ1) is 14.5. The number of hydrogen-bond donors (Lipinski definition) is 2. The van der Waals surface area contributed by atoms with Crippen LogP contribution in [-0.2, 0) is 16.1 Å². The standard InChI is InChI=1S/C11H14N4O4S/c1-6(10(18)19-2)20-11-13-8-7(9(17)14-11)5-12-15(8)3-4-16/h5-6,16H,3-4H2,1-2H3,(H,13,14,17). The maximum Gasteiger partial charge on any atom is 0.318 e. The minimum atomic E-state index is -0.491. The number of nitrogens with one attached hydrogen (secondary N) is 1. The van der Waals surface area contributed by atoms with Crippen molar-refractivity contribution in [3.63, 3.8) is 0 Å². The van der Waals surface area contributed by atoms with Gasteiger partial charge in [0.2, 0.25) is 0 Å². The van der Waals surface area contributed by atoms with Crippen LogP contribution < -0.4 is 5.56 Å². The monoisotopic (exact) mass is 298 g/mol. The fraction of sp³-hybridized carbons (Fsp3) is 0.455. The Morgan fingerprint density at radius 3 is 3.05 bits per heavy atom. The molecule has 1 unspecified atom stereocenters. The number of aromatic nitrogens is 4. The molecule has 9 heteroatoms. The third-order valence-electron chi connectivity index (χ3n) is 2.62. The fourth-order valence-corrected chi connectivity index (χ4v) is 2.46. The van der Waals surface area contributed by atoms with Gasteiger partial charge in [0, 0.05) is 0 Å². The Morgan fingerprint density at radius 2 is 2.40 bits per heavy atom. The Kier molecular flexibility index (Phi) is 4.40. The van der Waals surface area contributed by atoms with Crippen LogP contribution in [0.4, 0.5) is 0 Å². The van der Waals surface area contributed by atoms with Crippen LogP contribution in [0.25, 0.3) is 11.0 Å². The molecule has 0 radical (unpaired) electrons. The summed E-state index contributed by atoms with van der Waals surface area (Å²) < 4.78 is 6.06. The van der Waals surface area contributed by atoms with Gasteiger partial charge in [0.25, 0.3) is 5.56 Å². The molecule has 0 aliphatic rings. The Balaban J connectivity index is 2.37. The molecule has 0 amide bonds. The maximum absolute atomic E-state index is 11.9. The molecule has 8 nitrogen and oxygen atoms in total. The summed E-state index contributed by atoms with van der Waals surface area (Å²) in [5.41, 5.74) is 0.0427. The van der Waals surface area contributed by atoms with Crippen LogP contribution in [-0.4, -0.2) is 49.8 Å². The second-order valence-corrected chi connectivity index (χ2v) is 5.31. The molecule has 2 aromatic heterocycles. The number of aliphatic hydroxyl groups is 1. The highest BCUT2D eigenvalue weighted by molar-refractivity contribution is 8.00. The number of aliphatic hydroxyl groups excluding tert-OH is 1. The summed E-state index contributed by atoms with van der Waals surface area (Å²) in [5, 5.41) is 13.1. The quantitative estimate of drug-likeness (QED) is 0.445. The van der Waals surface area contributed by atoms with E-state index >= 15 is 0 Å². The SMILES string of the molecule is COC(=O)C(C)Sc1nc2c(cnn2CCO)c(=O)[nH]1. The number of aromatic amines is 1. The summed E-state index contributed by atoms with van der Waals surface area (Å²) in [6.07, 6.45) is 1.40. The number of H-pyrrole nitrogens is 1. The van der Waals surface area contributed by atoms with E-state index in [4.69, 9.17) is 5.11 Å². The first-order valence-corrected chi connectivity index (χ1v) is 6.76. The smallest absolute Gasteiger partial charge is 0.318 e. The summed E-state index contributed by atoms with van der Waals surface area (Å²) >= 11 is 1.09. The number of thioether (sulfide) groups is 1. The second kappa shape index (κ2) is 6.06. The van der Waals surface area contributed by atoms with E-state index in [0.29, 0.717) is 16.2 Å². The average Bonchev–Trinajstić information content (AvgIpc) is 2.82. The van der Waals surface area contributed by atoms with Gasteiger partial charge in [-0.1, -0.05) is 11.8 Å². The maximum atomic E-state index is 11.9. The van der Waals surface area contributed by atoms with Gasteiger partial charge in [-0.2, -0.15) is 5.10 Å². The summed E-state index contributed by atoms with van der Waals surface area (Å²) in [7, 11) is 1.30. The lowest BCUT2D eigenvalue weighted by Gasteiger charge is -2.08. The van der Waals surface area contributed by atoms with Crippen LogP contribution in [0.3, 0.4) is 0 Å². The number of carbonyl (C=O) groups is 1. The summed E-state index contributed by atoms with van der Waals surface area (Å²) in [4.78, 5) is 30.1. The molecule has 108 valence electrons. The van der Waals surface area contributed by atoms with E-state index in [0.717, 1.165) is 11.8 Å². The molecule has 0 saturated carbocycles. The van der Waals surface area contributed by atoms with Crippen LogP contribution in [0.2, 0.25) is 0 Å². The average molecular weight is 298 g/mol. The van der Waals surface area contributed by atoms with Crippen molar-refractivity contribution < 1.29 is 14.6 Å². The Hall–Kier alpha value is -1.87. The van der Waals surface area contributed by atoms with Gasteiger partial charge in [0.1, 0.15) is 10.6 Å². The molecule has 0 aliphatic heterocycles. The van der Waals surface area contributed by atoms with Crippen LogP contribution in [0.1, 0.15) is 6.92 Å². The van der Waals surface area contributed by atoms with Crippen molar-refractivity contribution in [2.24, 2.45) is 0 Å². The number of ether oxygens (including phenoxy) is 1. The number of carbonyl (C=O) groups excluding carboxylic acids is 1. The van der Waals surface area contributed by atoms with E-state index in [2.05, 4.69) is 19.8 Å². The molecule has 2 aromatic rings. The lowest BCUT2D eigenvalue weighted by molar-refractivity contribution is -0.139. The van der Waals surface area contributed by atoms with Crippen molar-refractivity contribution in [3.8, 4) is 0 Å². The van der Waals surface area contributed by atoms with Gasteiger partial charge in [-0.25, -0.2) is 9.67 Å². The molecule has 0 bridgehead atoms. The molecule has 0 spiro atoms. The van der Waals surface area contributed by atoms with E-state index < -0.39 is 11.2 Å². The molecule has 20 heavy (non-hydrogen) atoms. The van der Waals surface area contributed by atoms with Crippen LogP contribution >= 0.6 is 11.8 Å². The predicted molar refractivity (Wildman–Crippen MR) is 72.6 cm³/mol. The Labute approximate surface area is 118 Å². The predicted octanol–water partition coefficient (Wildman–Crippen LogP) is -0.235. The first-order valence-electron chi connectivity index (χ1n) is 5.88. The van der Waals surface area contributed by atoms with Crippen molar-refractivity contribution in [1.82, 2.24) is 19.7 Å². The zero-order valence-corrected chi connectivity index (χ0v) is 11.8. The van der Waals surface area contributed by atoms with E-state index in [1.165, 1.54) is 18.0 Å². The summed E-state index contributed by atoms with van der Waals surface area (Å²) in [5.74, 6) is -0.401. The fourth-order valence-electron chi connectivity index (χ4n) is 1.64. The normalized spacial score (nSPS) is 12.6. The third kappa shape index (κ3) is 2.83. The third-order valence-corrected chi connectivity index (χ3v) is 3.58. The van der Waals surface area contributed by atoms with Crippen LogP contribution in [0, 0.1) is 0 Å². The highest BCUT2D eigenvalue weighted by Gasteiger charge is 2.17. The number of nitrogens with zero attached hydrogens (tertiary/aromatic N) is 3. The first-order chi connectivity index (χ1) is 9.56. The molecular weight excluding hydrogens is 284 g/mol.